The lowest BCUT2D eigenvalue weighted by Crippen LogP contribution is -2.35. The molecule has 1 amide bonds. The molecule has 24 heavy (non-hydrogen) atoms. The SMILES string of the molecule is O=C(C1CCCC1)N1CC[C@@H](n2c(=S)[nH]c3ccccc3c2=O)C1. The second-order valence-electron chi connectivity index (χ2n) is 6.86. The van der Waals surface area contributed by atoms with Gasteiger partial charge in [0.15, 0.2) is 4.77 Å². The van der Waals surface area contributed by atoms with E-state index in [4.69, 9.17) is 12.2 Å². The van der Waals surface area contributed by atoms with E-state index in [1.165, 1.54) is 0 Å². The largest absolute Gasteiger partial charge is 0.340 e. The van der Waals surface area contributed by atoms with Gasteiger partial charge in [-0.1, -0.05) is 25.0 Å². The van der Waals surface area contributed by atoms with Gasteiger partial charge in [0.05, 0.1) is 16.9 Å². The van der Waals surface area contributed by atoms with Crippen molar-refractivity contribution in [3.63, 3.8) is 0 Å². The fraction of sp³-hybridized carbons (Fsp3) is 0.500. The van der Waals surface area contributed by atoms with Crippen LogP contribution in [-0.2, 0) is 4.79 Å². The lowest BCUT2D eigenvalue weighted by atomic mass is 10.1. The van der Waals surface area contributed by atoms with Crippen molar-refractivity contribution in [2.75, 3.05) is 13.1 Å². The number of para-hydroxylation sites is 1. The topological polar surface area (TPSA) is 58.1 Å². The van der Waals surface area contributed by atoms with Gasteiger partial charge in [0.25, 0.3) is 5.56 Å². The molecule has 0 radical (unpaired) electrons. The minimum atomic E-state index is -0.0606. The molecule has 2 aromatic rings. The van der Waals surface area contributed by atoms with Gasteiger partial charge in [-0.05, 0) is 43.6 Å². The maximum atomic E-state index is 12.8. The normalized spacial score (nSPS) is 21.7. The lowest BCUT2D eigenvalue weighted by Gasteiger charge is -2.21. The van der Waals surface area contributed by atoms with Crippen LogP contribution in [0, 0.1) is 10.7 Å². The Morgan fingerprint density at radius 2 is 1.92 bits per heavy atom. The van der Waals surface area contributed by atoms with Crippen LogP contribution in [0.1, 0.15) is 38.1 Å². The molecular formula is C18H21N3O2S. The average molecular weight is 343 g/mol. The third-order valence-corrected chi connectivity index (χ3v) is 5.68. The fourth-order valence-corrected chi connectivity index (χ4v) is 4.43. The zero-order valence-corrected chi connectivity index (χ0v) is 14.3. The number of hydrogen-bond donors (Lipinski definition) is 1. The summed E-state index contributed by atoms with van der Waals surface area (Å²) in [6.07, 6.45) is 5.12. The maximum absolute atomic E-state index is 12.8. The average Bonchev–Trinajstić information content (AvgIpc) is 3.26. The first kappa shape index (κ1) is 15.6. The summed E-state index contributed by atoms with van der Waals surface area (Å²) in [6, 6.07) is 7.39. The monoisotopic (exact) mass is 343 g/mol. The number of H-pyrrole nitrogens is 1. The number of rotatable bonds is 2. The Morgan fingerprint density at radius 3 is 2.71 bits per heavy atom. The molecule has 2 aliphatic rings. The highest BCUT2D eigenvalue weighted by Crippen LogP contribution is 2.30. The number of carbonyl (C=O) groups excluding carboxylic acids is 1. The van der Waals surface area contributed by atoms with Crippen molar-refractivity contribution in [1.29, 1.82) is 0 Å². The van der Waals surface area contributed by atoms with Gasteiger partial charge >= 0.3 is 0 Å². The number of carbonyl (C=O) groups is 1. The number of hydrogen-bond acceptors (Lipinski definition) is 3. The smallest absolute Gasteiger partial charge is 0.262 e. The molecule has 1 saturated heterocycles. The Hall–Kier alpha value is -1.95. The molecule has 1 aliphatic carbocycles. The molecule has 6 heteroatoms. The van der Waals surface area contributed by atoms with E-state index in [2.05, 4.69) is 4.98 Å². The molecular weight excluding hydrogens is 322 g/mol. The van der Waals surface area contributed by atoms with Gasteiger partial charge in [-0.15, -0.1) is 0 Å². The number of amides is 1. The fourth-order valence-electron chi connectivity index (χ4n) is 4.09. The van der Waals surface area contributed by atoms with Crippen molar-refractivity contribution >= 4 is 29.0 Å². The second-order valence-corrected chi connectivity index (χ2v) is 7.25. The van der Waals surface area contributed by atoms with E-state index in [1.54, 1.807) is 4.57 Å². The van der Waals surface area contributed by atoms with E-state index in [9.17, 15) is 9.59 Å². The van der Waals surface area contributed by atoms with Crippen molar-refractivity contribution in [3.8, 4) is 0 Å². The molecule has 1 aromatic heterocycles. The van der Waals surface area contributed by atoms with Crippen LogP contribution in [0.5, 0.6) is 0 Å². The summed E-state index contributed by atoms with van der Waals surface area (Å²) in [6.45, 7) is 1.30. The zero-order chi connectivity index (χ0) is 16.7. The molecule has 0 unspecified atom stereocenters. The Morgan fingerprint density at radius 1 is 1.17 bits per heavy atom. The number of nitrogens with one attached hydrogen (secondary N) is 1. The number of fused-ring (bicyclic) bond motifs is 1. The third-order valence-electron chi connectivity index (χ3n) is 5.38. The van der Waals surface area contributed by atoms with Crippen molar-refractivity contribution < 1.29 is 4.79 Å². The zero-order valence-electron chi connectivity index (χ0n) is 13.5. The van der Waals surface area contributed by atoms with E-state index in [-0.39, 0.29) is 23.4 Å². The minimum Gasteiger partial charge on any atom is -0.340 e. The van der Waals surface area contributed by atoms with Crippen molar-refractivity contribution in [2.24, 2.45) is 5.92 Å². The van der Waals surface area contributed by atoms with Crippen LogP contribution in [0.25, 0.3) is 10.9 Å². The van der Waals surface area contributed by atoms with Gasteiger partial charge in [0.1, 0.15) is 0 Å². The number of aromatic amines is 1. The summed E-state index contributed by atoms with van der Waals surface area (Å²) in [5.41, 5.74) is 0.704. The van der Waals surface area contributed by atoms with E-state index in [1.807, 2.05) is 29.2 Å². The third kappa shape index (κ3) is 2.59. The predicted molar refractivity (Wildman–Crippen MR) is 95.6 cm³/mol. The van der Waals surface area contributed by atoms with Crippen molar-refractivity contribution in [1.82, 2.24) is 14.5 Å². The standard InChI is InChI=1S/C18H21N3O2S/c22-16(12-5-1-2-6-12)20-10-9-13(11-20)21-17(23)14-7-3-4-8-15(14)19-18(21)24/h3-4,7-8,12-13H,1-2,5-6,9-11H2,(H,19,24)/t13-/m1/s1. The molecule has 0 bridgehead atoms. The van der Waals surface area contributed by atoms with Crippen LogP contribution < -0.4 is 5.56 Å². The lowest BCUT2D eigenvalue weighted by molar-refractivity contribution is -0.134. The summed E-state index contributed by atoms with van der Waals surface area (Å²) >= 11 is 5.42. The molecule has 1 N–H and O–H groups in total. The Balaban J connectivity index is 1.63. The molecule has 5 nitrogen and oxygen atoms in total. The number of likely N-dealkylation sites (tertiary alicyclic amines) is 1. The summed E-state index contributed by atoms with van der Waals surface area (Å²) in [7, 11) is 0. The van der Waals surface area contributed by atoms with Gasteiger partial charge in [0.2, 0.25) is 5.91 Å². The molecule has 0 spiro atoms. The summed E-state index contributed by atoms with van der Waals surface area (Å²) in [4.78, 5) is 30.5. The molecule has 4 rings (SSSR count). The Kier molecular flexibility index (Phi) is 4.00. The van der Waals surface area contributed by atoms with Crippen LogP contribution in [0.3, 0.4) is 0 Å². The summed E-state index contributed by atoms with van der Waals surface area (Å²) in [5, 5.41) is 0.645. The predicted octanol–water partition coefficient (Wildman–Crippen LogP) is 3.02. The first-order valence-corrected chi connectivity index (χ1v) is 9.08. The molecule has 1 aromatic carbocycles. The Labute approximate surface area is 145 Å². The Bertz CT molecular complexity index is 895. The van der Waals surface area contributed by atoms with Crippen LogP contribution in [0.15, 0.2) is 29.1 Å². The first-order chi connectivity index (χ1) is 11.6. The maximum Gasteiger partial charge on any atom is 0.262 e. The summed E-state index contributed by atoms with van der Waals surface area (Å²) in [5.74, 6) is 0.449. The number of benzene rings is 1. The van der Waals surface area contributed by atoms with E-state index in [0.29, 0.717) is 23.2 Å². The van der Waals surface area contributed by atoms with Gasteiger partial charge in [-0.3, -0.25) is 14.2 Å². The van der Waals surface area contributed by atoms with Gasteiger partial charge < -0.3 is 9.88 Å². The number of nitrogens with zero attached hydrogens (tertiary/aromatic N) is 2. The van der Waals surface area contributed by atoms with E-state index < -0.39 is 0 Å². The molecule has 1 aliphatic heterocycles. The molecule has 2 heterocycles. The van der Waals surface area contributed by atoms with Gasteiger partial charge in [-0.25, -0.2) is 0 Å². The van der Waals surface area contributed by atoms with Crippen molar-refractivity contribution in [3.05, 3.63) is 39.4 Å². The van der Waals surface area contributed by atoms with Gasteiger partial charge in [0, 0.05) is 19.0 Å². The summed E-state index contributed by atoms with van der Waals surface area (Å²) < 4.78 is 2.11. The highest BCUT2D eigenvalue weighted by Gasteiger charge is 2.33. The van der Waals surface area contributed by atoms with E-state index in [0.717, 1.165) is 37.6 Å². The minimum absolute atomic E-state index is 0.0313. The molecule has 2 fully saturated rings. The van der Waals surface area contributed by atoms with E-state index >= 15 is 0 Å². The highest BCUT2D eigenvalue weighted by molar-refractivity contribution is 7.71. The van der Waals surface area contributed by atoms with Crippen LogP contribution >= 0.6 is 12.2 Å². The number of aromatic nitrogens is 2. The van der Waals surface area contributed by atoms with Crippen molar-refractivity contribution in [2.45, 2.75) is 38.1 Å². The van der Waals surface area contributed by atoms with Crippen LogP contribution in [-0.4, -0.2) is 33.4 Å². The quantitative estimate of drug-likeness (QED) is 0.853. The first-order valence-electron chi connectivity index (χ1n) is 8.67. The molecule has 1 saturated carbocycles. The van der Waals surface area contributed by atoms with Crippen LogP contribution in [0.2, 0.25) is 0 Å². The van der Waals surface area contributed by atoms with Gasteiger partial charge in [-0.2, -0.15) is 0 Å². The van der Waals surface area contributed by atoms with Crippen LogP contribution in [0.4, 0.5) is 0 Å². The second kappa shape index (κ2) is 6.16. The molecule has 126 valence electrons. The highest BCUT2D eigenvalue weighted by atomic mass is 32.1. The molecule has 1 atom stereocenters.